The maximum absolute atomic E-state index is 12.7. The van der Waals surface area contributed by atoms with E-state index >= 15 is 0 Å². The lowest BCUT2D eigenvalue weighted by Crippen LogP contribution is -2.27. The van der Waals surface area contributed by atoms with Gasteiger partial charge in [0.05, 0.1) is 5.69 Å². The Hall–Kier alpha value is -3.74. The zero-order chi connectivity index (χ0) is 19.0. The van der Waals surface area contributed by atoms with Crippen LogP contribution in [0.25, 0.3) is 16.9 Å². The number of hydrogen-bond acceptors (Lipinski definition) is 4. The predicted octanol–water partition coefficient (Wildman–Crippen LogP) is 2.66. The van der Waals surface area contributed by atoms with Gasteiger partial charge in [-0.25, -0.2) is 4.98 Å². The molecule has 27 heavy (non-hydrogen) atoms. The van der Waals surface area contributed by atoms with Gasteiger partial charge in [0.2, 0.25) is 0 Å². The van der Waals surface area contributed by atoms with E-state index in [0.29, 0.717) is 11.5 Å². The first-order valence-electron chi connectivity index (χ1n) is 8.43. The van der Waals surface area contributed by atoms with Gasteiger partial charge in [0.1, 0.15) is 17.0 Å². The number of carbonyl (C=O) groups is 1. The smallest absolute Gasteiger partial charge is 0.270 e. The number of carbonyl (C=O) groups excluding carboxylic acids is 1. The highest BCUT2D eigenvalue weighted by atomic mass is 16.2. The van der Waals surface area contributed by atoms with E-state index in [9.17, 15) is 9.59 Å². The first-order valence-corrected chi connectivity index (χ1v) is 8.43. The minimum atomic E-state index is -0.517. The van der Waals surface area contributed by atoms with Gasteiger partial charge in [-0.15, -0.1) is 0 Å². The number of nitrogens with zero attached hydrogens (tertiary/aromatic N) is 4. The third-order valence-electron chi connectivity index (χ3n) is 4.42. The summed E-state index contributed by atoms with van der Waals surface area (Å²) in [6, 6.07) is 14.9. The molecule has 0 bridgehead atoms. The summed E-state index contributed by atoms with van der Waals surface area (Å²) in [5.74, 6) is 0.0212. The Morgan fingerprint density at radius 1 is 1.07 bits per heavy atom. The topological polar surface area (TPSA) is 81.3 Å². The van der Waals surface area contributed by atoms with E-state index in [1.54, 1.807) is 36.1 Å². The summed E-state index contributed by atoms with van der Waals surface area (Å²) >= 11 is 0. The lowest BCUT2D eigenvalue weighted by Gasteiger charge is -2.07. The molecule has 7 nitrogen and oxygen atoms in total. The monoisotopic (exact) mass is 359 g/mol. The molecule has 0 aliphatic rings. The average molecular weight is 359 g/mol. The van der Waals surface area contributed by atoms with Gasteiger partial charge in [0.25, 0.3) is 11.5 Å². The molecule has 0 atom stereocenters. The highest BCUT2D eigenvalue weighted by molar-refractivity contribution is 6.04. The minimum Gasteiger partial charge on any atom is -0.306 e. The van der Waals surface area contributed by atoms with Gasteiger partial charge < -0.3 is 5.32 Å². The van der Waals surface area contributed by atoms with Crippen molar-refractivity contribution >= 4 is 17.4 Å². The van der Waals surface area contributed by atoms with Crippen LogP contribution >= 0.6 is 0 Å². The molecule has 0 unspecified atom stereocenters. The molecular formula is C20H17N5O2. The molecule has 0 radical (unpaired) electrons. The summed E-state index contributed by atoms with van der Waals surface area (Å²) in [5.41, 5.74) is 2.61. The molecule has 3 heterocycles. The molecule has 1 aromatic carbocycles. The highest BCUT2D eigenvalue weighted by Crippen LogP contribution is 2.27. The standard InChI is InChI=1S/C20H17N5O2/c1-13-17(14-8-4-3-5-9-14)23-24(2)18(13)22-19(26)15-12-21-16-10-6-7-11-25(16)20(15)27/h3-12H,1-2H3,(H,22,26). The van der Waals surface area contributed by atoms with Crippen molar-refractivity contribution in [3.63, 3.8) is 0 Å². The largest absolute Gasteiger partial charge is 0.306 e. The maximum atomic E-state index is 12.7. The van der Waals surface area contributed by atoms with E-state index in [1.165, 1.54) is 10.6 Å². The lowest BCUT2D eigenvalue weighted by molar-refractivity contribution is 0.102. The van der Waals surface area contributed by atoms with E-state index in [0.717, 1.165) is 16.8 Å². The fourth-order valence-electron chi connectivity index (χ4n) is 3.03. The summed E-state index contributed by atoms with van der Waals surface area (Å²) in [4.78, 5) is 29.5. The molecule has 0 aliphatic carbocycles. The van der Waals surface area contributed by atoms with Crippen LogP contribution in [-0.2, 0) is 7.05 Å². The van der Waals surface area contributed by atoms with Crippen LogP contribution in [-0.4, -0.2) is 25.1 Å². The van der Waals surface area contributed by atoms with Gasteiger partial charge in [-0.05, 0) is 19.1 Å². The molecule has 134 valence electrons. The average Bonchev–Trinajstić information content (AvgIpc) is 2.97. The number of nitrogens with one attached hydrogen (secondary N) is 1. The minimum absolute atomic E-state index is 0.0273. The van der Waals surface area contributed by atoms with Crippen LogP contribution in [0, 0.1) is 6.92 Å². The molecule has 4 rings (SSSR count). The molecule has 4 aromatic rings. The van der Waals surface area contributed by atoms with Gasteiger partial charge >= 0.3 is 0 Å². The number of anilines is 1. The van der Waals surface area contributed by atoms with Crippen LogP contribution in [0.5, 0.6) is 0 Å². The quantitative estimate of drug-likeness (QED) is 0.610. The third kappa shape index (κ3) is 2.89. The van der Waals surface area contributed by atoms with Gasteiger partial charge in [-0.2, -0.15) is 5.10 Å². The normalized spacial score (nSPS) is 10.9. The van der Waals surface area contributed by atoms with Crippen molar-refractivity contribution in [2.75, 3.05) is 5.32 Å². The summed E-state index contributed by atoms with van der Waals surface area (Å²) in [5, 5.41) is 7.30. The van der Waals surface area contributed by atoms with Crippen molar-refractivity contribution < 1.29 is 4.79 Å². The Bertz CT molecular complexity index is 1210. The number of aryl methyl sites for hydroxylation is 1. The second kappa shape index (κ2) is 6.53. The third-order valence-corrected chi connectivity index (χ3v) is 4.42. The predicted molar refractivity (Wildman–Crippen MR) is 103 cm³/mol. The number of pyridine rings is 1. The lowest BCUT2D eigenvalue weighted by atomic mass is 10.1. The van der Waals surface area contributed by atoms with Crippen LogP contribution in [0.1, 0.15) is 15.9 Å². The second-order valence-corrected chi connectivity index (χ2v) is 6.17. The number of hydrogen-bond donors (Lipinski definition) is 1. The Morgan fingerprint density at radius 3 is 2.59 bits per heavy atom. The first-order chi connectivity index (χ1) is 13.1. The molecule has 0 aliphatic heterocycles. The fourth-order valence-corrected chi connectivity index (χ4v) is 3.03. The second-order valence-electron chi connectivity index (χ2n) is 6.17. The Labute approximate surface area is 154 Å². The molecule has 1 N–H and O–H groups in total. The molecule has 0 fully saturated rings. The number of fused-ring (bicyclic) bond motifs is 1. The number of aromatic nitrogens is 4. The summed E-state index contributed by atoms with van der Waals surface area (Å²) in [7, 11) is 1.75. The van der Waals surface area contributed by atoms with E-state index in [1.807, 2.05) is 37.3 Å². The van der Waals surface area contributed by atoms with Crippen LogP contribution in [0.15, 0.2) is 65.7 Å². The molecule has 0 saturated carbocycles. The van der Waals surface area contributed by atoms with Gasteiger partial charge in [0.15, 0.2) is 0 Å². The molecule has 7 heteroatoms. The van der Waals surface area contributed by atoms with E-state index < -0.39 is 11.5 Å². The molecule has 3 aromatic heterocycles. The molecule has 1 amide bonds. The van der Waals surface area contributed by atoms with Gasteiger partial charge in [0, 0.05) is 30.6 Å². The van der Waals surface area contributed by atoms with E-state index in [-0.39, 0.29) is 5.56 Å². The van der Waals surface area contributed by atoms with Crippen molar-refractivity contribution in [1.29, 1.82) is 0 Å². The van der Waals surface area contributed by atoms with Crippen LogP contribution < -0.4 is 10.9 Å². The number of amides is 1. The SMILES string of the molecule is Cc1c(-c2ccccc2)nn(C)c1NC(=O)c1cnc2ccccn2c1=O. The Kier molecular flexibility index (Phi) is 4.04. The molecule has 0 saturated heterocycles. The maximum Gasteiger partial charge on any atom is 0.270 e. The van der Waals surface area contributed by atoms with Crippen molar-refractivity contribution in [1.82, 2.24) is 19.2 Å². The first kappa shape index (κ1) is 16.7. The zero-order valence-electron chi connectivity index (χ0n) is 14.9. The van der Waals surface area contributed by atoms with Gasteiger partial charge in [-0.1, -0.05) is 36.4 Å². The van der Waals surface area contributed by atoms with Gasteiger partial charge in [-0.3, -0.25) is 18.7 Å². The zero-order valence-corrected chi connectivity index (χ0v) is 14.9. The van der Waals surface area contributed by atoms with Crippen molar-refractivity contribution in [3.05, 3.63) is 82.4 Å². The molecule has 0 spiro atoms. The Morgan fingerprint density at radius 2 is 1.81 bits per heavy atom. The summed E-state index contributed by atoms with van der Waals surface area (Å²) < 4.78 is 2.95. The van der Waals surface area contributed by atoms with E-state index in [4.69, 9.17) is 0 Å². The highest BCUT2D eigenvalue weighted by Gasteiger charge is 2.19. The molecular weight excluding hydrogens is 342 g/mol. The summed E-state index contributed by atoms with van der Waals surface area (Å²) in [6.07, 6.45) is 2.89. The van der Waals surface area contributed by atoms with Crippen molar-refractivity contribution in [2.24, 2.45) is 7.05 Å². The van der Waals surface area contributed by atoms with Crippen LogP contribution in [0.2, 0.25) is 0 Å². The van der Waals surface area contributed by atoms with E-state index in [2.05, 4.69) is 15.4 Å². The number of benzene rings is 1. The Balaban J connectivity index is 1.71. The van der Waals surface area contributed by atoms with Crippen molar-refractivity contribution in [3.8, 4) is 11.3 Å². The van der Waals surface area contributed by atoms with Crippen LogP contribution in [0.3, 0.4) is 0 Å². The van der Waals surface area contributed by atoms with Crippen molar-refractivity contribution in [2.45, 2.75) is 6.92 Å². The van der Waals surface area contributed by atoms with Crippen LogP contribution in [0.4, 0.5) is 5.82 Å². The summed E-state index contributed by atoms with van der Waals surface area (Å²) in [6.45, 7) is 1.89. The fraction of sp³-hybridized carbons (Fsp3) is 0.100. The number of rotatable bonds is 3.